The average Bonchev–Trinajstić information content (AvgIpc) is 2.61. The highest BCUT2D eigenvalue weighted by Gasteiger charge is 2.22. The number of carbonyl (C=O) groups is 2. The van der Waals surface area contributed by atoms with Crippen LogP contribution in [0.3, 0.4) is 0 Å². The Bertz CT molecular complexity index is 815. The average molecular weight is 368 g/mol. The van der Waals surface area contributed by atoms with Gasteiger partial charge in [0.05, 0.1) is 18.0 Å². The molecule has 2 aromatic carbocycles. The van der Waals surface area contributed by atoms with Crippen LogP contribution in [0.1, 0.15) is 44.7 Å². The number of rotatable bonds is 7. The van der Waals surface area contributed by atoms with Crippen molar-refractivity contribution in [2.45, 2.75) is 40.5 Å². The fourth-order valence-corrected chi connectivity index (χ4v) is 3.05. The Morgan fingerprint density at radius 3 is 2.44 bits per heavy atom. The Hall–Kier alpha value is -2.82. The van der Waals surface area contributed by atoms with Gasteiger partial charge in [-0.2, -0.15) is 0 Å². The third-order valence-electron chi connectivity index (χ3n) is 4.30. The highest BCUT2D eigenvalue weighted by Crippen LogP contribution is 2.31. The van der Waals surface area contributed by atoms with Crippen molar-refractivity contribution in [2.75, 3.05) is 23.4 Å². The molecule has 0 heterocycles. The third-order valence-corrected chi connectivity index (χ3v) is 4.30. The van der Waals surface area contributed by atoms with Crippen molar-refractivity contribution in [1.82, 2.24) is 0 Å². The van der Waals surface area contributed by atoms with Crippen LogP contribution in [0.15, 0.2) is 42.5 Å². The van der Waals surface area contributed by atoms with E-state index in [4.69, 9.17) is 4.74 Å². The van der Waals surface area contributed by atoms with E-state index in [1.165, 1.54) is 6.92 Å². The van der Waals surface area contributed by atoms with Crippen LogP contribution in [0.4, 0.5) is 11.4 Å². The molecule has 144 valence electrons. The first-order chi connectivity index (χ1) is 12.8. The fourth-order valence-electron chi connectivity index (χ4n) is 3.05. The molecule has 1 N–H and O–H groups in total. The van der Waals surface area contributed by atoms with Gasteiger partial charge < -0.3 is 15.0 Å². The predicted molar refractivity (Wildman–Crippen MR) is 110 cm³/mol. The number of benzene rings is 2. The Kier molecular flexibility index (Phi) is 6.99. The second-order valence-corrected chi connectivity index (χ2v) is 6.75. The number of para-hydroxylation sites is 3. The van der Waals surface area contributed by atoms with Crippen molar-refractivity contribution in [3.05, 3.63) is 53.6 Å². The summed E-state index contributed by atoms with van der Waals surface area (Å²) in [4.78, 5) is 26.6. The Balaban J connectivity index is 2.28. The van der Waals surface area contributed by atoms with Gasteiger partial charge in [0.1, 0.15) is 12.3 Å². The summed E-state index contributed by atoms with van der Waals surface area (Å²) in [5.41, 5.74) is 3.43. The first kappa shape index (κ1) is 20.5. The number of hydrogen-bond donors (Lipinski definition) is 1. The van der Waals surface area contributed by atoms with Gasteiger partial charge in [-0.05, 0) is 43.0 Å². The van der Waals surface area contributed by atoms with Crippen LogP contribution in [0.2, 0.25) is 0 Å². The zero-order valence-corrected chi connectivity index (χ0v) is 16.7. The van der Waals surface area contributed by atoms with Gasteiger partial charge >= 0.3 is 0 Å². The van der Waals surface area contributed by atoms with E-state index in [0.717, 1.165) is 16.8 Å². The molecule has 0 atom stereocenters. The summed E-state index contributed by atoms with van der Waals surface area (Å²) in [7, 11) is 0. The molecule has 0 radical (unpaired) electrons. The van der Waals surface area contributed by atoms with Crippen molar-refractivity contribution in [2.24, 2.45) is 0 Å². The van der Waals surface area contributed by atoms with Crippen molar-refractivity contribution >= 4 is 23.2 Å². The number of carbonyl (C=O) groups excluding carboxylic acids is 2. The van der Waals surface area contributed by atoms with E-state index < -0.39 is 0 Å². The number of hydrogen-bond acceptors (Lipinski definition) is 3. The number of amides is 2. The molecule has 5 heteroatoms. The maximum Gasteiger partial charge on any atom is 0.244 e. The molecular formula is C22H28N2O3. The maximum absolute atomic E-state index is 12.7. The number of ether oxygens (including phenoxy) is 1. The molecular weight excluding hydrogens is 340 g/mol. The molecule has 2 rings (SSSR count). The second-order valence-electron chi connectivity index (χ2n) is 6.75. The van der Waals surface area contributed by atoms with Gasteiger partial charge in [0.15, 0.2) is 0 Å². The van der Waals surface area contributed by atoms with Crippen LogP contribution < -0.4 is 15.0 Å². The lowest BCUT2D eigenvalue weighted by molar-refractivity contribution is -0.120. The molecule has 0 bridgehead atoms. The molecule has 0 aliphatic carbocycles. The van der Waals surface area contributed by atoms with E-state index in [2.05, 4.69) is 19.2 Å². The van der Waals surface area contributed by atoms with E-state index in [1.54, 1.807) is 17.0 Å². The number of anilines is 2. The molecule has 0 aliphatic rings. The largest absolute Gasteiger partial charge is 0.492 e. The molecule has 0 unspecified atom stereocenters. The fraction of sp³-hybridized carbons (Fsp3) is 0.364. The minimum atomic E-state index is -0.268. The van der Waals surface area contributed by atoms with E-state index >= 15 is 0 Å². The summed E-state index contributed by atoms with van der Waals surface area (Å²) in [5.74, 6) is 0.416. The van der Waals surface area contributed by atoms with Crippen LogP contribution in [0.5, 0.6) is 5.75 Å². The van der Waals surface area contributed by atoms with Gasteiger partial charge in [0.25, 0.3) is 0 Å². The first-order valence-corrected chi connectivity index (χ1v) is 9.24. The van der Waals surface area contributed by atoms with E-state index in [9.17, 15) is 9.59 Å². The smallest absolute Gasteiger partial charge is 0.244 e. The minimum Gasteiger partial charge on any atom is -0.492 e. The topological polar surface area (TPSA) is 58.6 Å². The number of nitrogens with zero attached hydrogens (tertiary/aromatic N) is 1. The van der Waals surface area contributed by atoms with Crippen molar-refractivity contribution in [1.29, 1.82) is 0 Å². The summed E-state index contributed by atoms with van der Waals surface area (Å²) in [6.07, 6.45) is 0. The molecule has 2 aromatic rings. The lowest BCUT2D eigenvalue weighted by Crippen LogP contribution is -2.38. The molecule has 0 saturated carbocycles. The van der Waals surface area contributed by atoms with Gasteiger partial charge in [-0.25, -0.2) is 0 Å². The normalized spacial score (nSPS) is 10.6. The third kappa shape index (κ3) is 5.09. The summed E-state index contributed by atoms with van der Waals surface area (Å²) < 4.78 is 5.55. The monoisotopic (exact) mass is 368 g/mol. The van der Waals surface area contributed by atoms with Crippen molar-refractivity contribution in [3.63, 3.8) is 0 Å². The molecule has 0 spiro atoms. The Labute approximate surface area is 161 Å². The number of nitrogens with one attached hydrogen (secondary N) is 1. The lowest BCUT2D eigenvalue weighted by Gasteiger charge is -2.27. The van der Waals surface area contributed by atoms with Crippen LogP contribution in [0, 0.1) is 6.92 Å². The van der Waals surface area contributed by atoms with Crippen molar-refractivity contribution in [3.8, 4) is 5.75 Å². The van der Waals surface area contributed by atoms with E-state index in [-0.39, 0.29) is 24.3 Å². The van der Waals surface area contributed by atoms with E-state index in [1.807, 2.05) is 44.2 Å². The maximum atomic E-state index is 12.7. The highest BCUT2D eigenvalue weighted by atomic mass is 16.5. The Morgan fingerprint density at radius 2 is 1.81 bits per heavy atom. The van der Waals surface area contributed by atoms with Crippen molar-refractivity contribution < 1.29 is 14.3 Å². The zero-order chi connectivity index (χ0) is 20.0. The Morgan fingerprint density at radius 1 is 1.11 bits per heavy atom. The lowest BCUT2D eigenvalue weighted by atomic mass is 9.97. The SMILES string of the molecule is CCOc1ccccc1NC(=O)CN(C(C)=O)c1c(C)cccc1C(C)C. The van der Waals surface area contributed by atoms with Gasteiger partial charge in [-0.15, -0.1) is 0 Å². The van der Waals surface area contributed by atoms with E-state index in [0.29, 0.717) is 18.0 Å². The summed E-state index contributed by atoms with van der Waals surface area (Å²) in [5, 5.41) is 2.86. The predicted octanol–water partition coefficient (Wildman–Crippen LogP) is 4.51. The molecule has 0 aliphatic heterocycles. The van der Waals surface area contributed by atoms with Gasteiger partial charge in [-0.3, -0.25) is 9.59 Å². The highest BCUT2D eigenvalue weighted by molar-refractivity contribution is 6.03. The standard InChI is InChI=1S/C22H28N2O3/c1-6-27-20-13-8-7-12-19(20)23-21(26)14-24(17(5)25)22-16(4)10-9-11-18(22)15(2)3/h7-13,15H,6,14H2,1-5H3,(H,23,26). The molecule has 0 saturated heterocycles. The minimum absolute atomic E-state index is 0.0552. The van der Waals surface area contributed by atoms with Crippen LogP contribution in [-0.4, -0.2) is 25.0 Å². The number of aryl methyl sites for hydroxylation is 1. The van der Waals surface area contributed by atoms with Gasteiger partial charge in [-0.1, -0.05) is 44.2 Å². The second kappa shape index (κ2) is 9.21. The van der Waals surface area contributed by atoms with Crippen LogP contribution >= 0.6 is 0 Å². The van der Waals surface area contributed by atoms with Gasteiger partial charge in [0.2, 0.25) is 11.8 Å². The van der Waals surface area contributed by atoms with Crippen LogP contribution in [0.25, 0.3) is 0 Å². The first-order valence-electron chi connectivity index (χ1n) is 9.24. The zero-order valence-electron chi connectivity index (χ0n) is 16.7. The summed E-state index contributed by atoms with van der Waals surface area (Å²) in [6.45, 7) is 9.94. The summed E-state index contributed by atoms with van der Waals surface area (Å²) >= 11 is 0. The quantitative estimate of drug-likeness (QED) is 0.782. The molecule has 27 heavy (non-hydrogen) atoms. The molecule has 5 nitrogen and oxygen atoms in total. The van der Waals surface area contributed by atoms with Crippen LogP contribution in [-0.2, 0) is 9.59 Å². The molecule has 0 fully saturated rings. The van der Waals surface area contributed by atoms with Gasteiger partial charge in [0, 0.05) is 6.92 Å². The molecule has 0 aromatic heterocycles. The summed E-state index contributed by atoms with van der Waals surface area (Å²) in [6, 6.07) is 13.2. The molecule has 2 amide bonds.